The van der Waals surface area contributed by atoms with Gasteiger partial charge in [0.15, 0.2) is 11.5 Å². The number of para-hydroxylation sites is 1. The molecule has 7 heteroatoms. The van der Waals surface area contributed by atoms with Crippen LogP contribution in [0.15, 0.2) is 53.5 Å². The van der Waals surface area contributed by atoms with E-state index in [0.717, 1.165) is 32.9 Å². The van der Waals surface area contributed by atoms with Crippen molar-refractivity contribution in [3.63, 3.8) is 0 Å². The Labute approximate surface area is 193 Å². The summed E-state index contributed by atoms with van der Waals surface area (Å²) in [6.45, 7) is 4.13. The molecule has 2 aromatic carbocycles. The lowest BCUT2D eigenvalue weighted by atomic mass is 9.95. The summed E-state index contributed by atoms with van der Waals surface area (Å²) in [6, 6.07) is 13.9. The number of hydrogen-bond acceptors (Lipinski definition) is 4. The number of methoxy groups -OCH3 is 2. The first kappa shape index (κ1) is 24.5. The lowest BCUT2D eigenvalue weighted by molar-refractivity contribution is 0.358. The summed E-state index contributed by atoms with van der Waals surface area (Å²) < 4.78 is 11.2. The average Bonchev–Trinajstić information content (AvgIpc) is 2.74. The third-order valence-electron chi connectivity index (χ3n) is 5.27. The van der Waals surface area contributed by atoms with Crippen LogP contribution < -0.4 is 15.0 Å². The van der Waals surface area contributed by atoms with Gasteiger partial charge in [0.05, 0.1) is 19.7 Å². The molecule has 0 unspecified atom stereocenters. The van der Waals surface area contributed by atoms with E-state index in [1.807, 2.05) is 42.6 Å². The van der Waals surface area contributed by atoms with Gasteiger partial charge in [0.2, 0.25) is 0 Å². The second-order valence-corrected chi connectivity index (χ2v) is 7.44. The number of hydrogen-bond donors (Lipinski definition) is 1. The van der Waals surface area contributed by atoms with E-state index in [2.05, 4.69) is 29.9 Å². The van der Waals surface area contributed by atoms with Gasteiger partial charge >= 0.3 is 0 Å². The molecular formula is C24H26Cl2N2O3. The number of fused-ring (bicyclic) bond motifs is 2. The molecule has 0 radical (unpaired) electrons. The Kier molecular flexibility index (Phi) is 7.93. The van der Waals surface area contributed by atoms with E-state index in [0.29, 0.717) is 23.5 Å². The lowest BCUT2D eigenvalue weighted by Crippen LogP contribution is -2.17. The van der Waals surface area contributed by atoms with Gasteiger partial charge in [-0.3, -0.25) is 9.78 Å². The molecule has 5 nitrogen and oxygen atoms in total. The zero-order chi connectivity index (χ0) is 20.5. The topological polar surface area (TPSA) is 64.2 Å². The van der Waals surface area contributed by atoms with Crippen molar-refractivity contribution < 1.29 is 9.47 Å². The average molecular weight is 461 g/mol. The van der Waals surface area contributed by atoms with E-state index in [1.54, 1.807) is 14.2 Å². The first-order valence-electron chi connectivity index (χ1n) is 9.67. The molecule has 0 aliphatic rings. The number of aromatic amines is 1. The smallest absolute Gasteiger partial charge is 0.252 e. The molecule has 31 heavy (non-hydrogen) atoms. The van der Waals surface area contributed by atoms with Gasteiger partial charge < -0.3 is 14.5 Å². The number of rotatable bonds is 5. The minimum absolute atomic E-state index is 0. The number of nitrogens with one attached hydrogen (secondary N) is 1. The summed E-state index contributed by atoms with van der Waals surface area (Å²) in [4.78, 5) is 20.8. The van der Waals surface area contributed by atoms with Gasteiger partial charge in [0.1, 0.15) is 0 Å². The van der Waals surface area contributed by atoms with Crippen molar-refractivity contribution in [1.82, 2.24) is 9.97 Å². The van der Waals surface area contributed by atoms with E-state index in [9.17, 15) is 4.79 Å². The second-order valence-electron chi connectivity index (χ2n) is 7.44. The molecule has 164 valence electrons. The standard InChI is InChI=1S/C24H24N2O3.2ClH/c1-14(2)22-17-9-10-20(28-3)23(29-4)21(17)18(24(27)26-22)12-15-11-16-7-5-6-8-19(16)25-13-15;;/h5-11,13-14H,12H2,1-4H3,(H,26,27);2*1H. The Morgan fingerprint density at radius 3 is 2.45 bits per heavy atom. The Balaban J connectivity index is 0.00000171. The Bertz CT molecular complexity index is 1270. The summed E-state index contributed by atoms with van der Waals surface area (Å²) in [6.07, 6.45) is 2.28. The van der Waals surface area contributed by atoms with Gasteiger partial charge in [-0.2, -0.15) is 0 Å². The highest BCUT2D eigenvalue weighted by molar-refractivity contribution is 5.95. The molecule has 0 aliphatic heterocycles. The van der Waals surface area contributed by atoms with Crippen LogP contribution in [0.4, 0.5) is 0 Å². The summed E-state index contributed by atoms with van der Waals surface area (Å²) in [5, 5.41) is 2.82. The molecule has 0 atom stereocenters. The largest absolute Gasteiger partial charge is 0.493 e. The maximum absolute atomic E-state index is 13.1. The summed E-state index contributed by atoms with van der Waals surface area (Å²) in [5.74, 6) is 1.36. The molecule has 0 bridgehead atoms. The maximum Gasteiger partial charge on any atom is 0.252 e. The second kappa shape index (κ2) is 10.0. The number of pyridine rings is 2. The highest BCUT2D eigenvalue weighted by Gasteiger charge is 2.20. The molecule has 0 spiro atoms. The van der Waals surface area contributed by atoms with Crippen LogP contribution >= 0.6 is 24.8 Å². The summed E-state index contributed by atoms with van der Waals surface area (Å²) in [7, 11) is 3.21. The van der Waals surface area contributed by atoms with Crippen molar-refractivity contribution in [2.45, 2.75) is 26.2 Å². The minimum atomic E-state index is -0.110. The first-order valence-corrected chi connectivity index (χ1v) is 9.67. The Morgan fingerprint density at radius 1 is 1.03 bits per heavy atom. The number of aromatic nitrogens is 2. The van der Waals surface area contributed by atoms with Crippen LogP contribution in [0.5, 0.6) is 11.5 Å². The van der Waals surface area contributed by atoms with Gasteiger partial charge in [-0.1, -0.05) is 32.0 Å². The van der Waals surface area contributed by atoms with Crippen molar-refractivity contribution in [2.75, 3.05) is 14.2 Å². The normalized spacial score (nSPS) is 10.6. The van der Waals surface area contributed by atoms with Gasteiger partial charge in [-0.15, -0.1) is 24.8 Å². The van der Waals surface area contributed by atoms with Crippen molar-refractivity contribution in [3.8, 4) is 11.5 Å². The maximum atomic E-state index is 13.1. The van der Waals surface area contributed by atoms with Gasteiger partial charge in [-0.05, 0) is 35.7 Å². The molecule has 2 heterocycles. The highest BCUT2D eigenvalue weighted by Crippen LogP contribution is 2.39. The molecule has 1 N–H and O–H groups in total. The molecule has 0 aliphatic carbocycles. The van der Waals surface area contributed by atoms with Crippen LogP contribution in [0, 0.1) is 0 Å². The predicted octanol–water partition coefficient (Wildman–Crippen LogP) is 5.65. The number of ether oxygens (including phenoxy) is 2. The molecule has 4 aromatic rings. The van der Waals surface area contributed by atoms with Gasteiger partial charge in [0, 0.05) is 40.0 Å². The zero-order valence-electron chi connectivity index (χ0n) is 17.9. The van der Waals surface area contributed by atoms with E-state index >= 15 is 0 Å². The van der Waals surface area contributed by atoms with Crippen LogP contribution in [0.1, 0.15) is 36.6 Å². The van der Waals surface area contributed by atoms with Gasteiger partial charge in [-0.25, -0.2) is 0 Å². The van der Waals surface area contributed by atoms with Crippen molar-refractivity contribution in [2.24, 2.45) is 0 Å². The van der Waals surface area contributed by atoms with Crippen molar-refractivity contribution in [3.05, 3.63) is 75.8 Å². The Morgan fingerprint density at radius 2 is 1.77 bits per heavy atom. The fourth-order valence-corrected chi connectivity index (χ4v) is 3.87. The molecule has 0 amide bonds. The fourth-order valence-electron chi connectivity index (χ4n) is 3.87. The van der Waals surface area contributed by atoms with Crippen LogP contribution in [0.3, 0.4) is 0 Å². The monoisotopic (exact) mass is 460 g/mol. The van der Waals surface area contributed by atoms with Crippen LogP contribution in [0.2, 0.25) is 0 Å². The number of H-pyrrole nitrogens is 1. The van der Waals surface area contributed by atoms with Crippen molar-refractivity contribution >= 4 is 46.5 Å². The molecule has 0 fully saturated rings. The molecule has 2 aromatic heterocycles. The third-order valence-corrected chi connectivity index (χ3v) is 5.27. The SMILES string of the molecule is COc1ccc2c(C(C)C)[nH]c(=O)c(Cc3cnc4ccccc4c3)c2c1OC.Cl.Cl. The highest BCUT2D eigenvalue weighted by atomic mass is 35.5. The molecular weight excluding hydrogens is 435 g/mol. The number of halogens is 2. The molecule has 0 saturated carbocycles. The fraction of sp³-hybridized carbons (Fsp3) is 0.250. The summed E-state index contributed by atoms with van der Waals surface area (Å²) >= 11 is 0. The van der Waals surface area contributed by atoms with Crippen LogP contribution in [0.25, 0.3) is 21.7 Å². The molecule has 0 saturated heterocycles. The Hall–Kier alpha value is -2.76. The van der Waals surface area contributed by atoms with Crippen LogP contribution in [-0.2, 0) is 6.42 Å². The van der Waals surface area contributed by atoms with Gasteiger partial charge in [0.25, 0.3) is 5.56 Å². The van der Waals surface area contributed by atoms with E-state index in [-0.39, 0.29) is 36.3 Å². The minimum Gasteiger partial charge on any atom is -0.493 e. The molecule has 4 rings (SSSR count). The third kappa shape index (κ3) is 4.48. The number of nitrogens with zero attached hydrogens (tertiary/aromatic N) is 1. The van der Waals surface area contributed by atoms with E-state index in [4.69, 9.17) is 9.47 Å². The number of benzene rings is 2. The van der Waals surface area contributed by atoms with E-state index in [1.165, 1.54) is 0 Å². The lowest BCUT2D eigenvalue weighted by Gasteiger charge is -2.18. The predicted molar refractivity (Wildman–Crippen MR) is 131 cm³/mol. The zero-order valence-corrected chi connectivity index (χ0v) is 19.5. The van der Waals surface area contributed by atoms with Crippen LogP contribution in [-0.4, -0.2) is 24.2 Å². The first-order chi connectivity index (χ1) is 14.0. The van der Waals surface area contributed by atoms with E-state index < -0.39 is 0 Å². The van der Waals surface area contributed by atoms with Crippen molar-refractivity contribution in [1.29, 1.82) is 0 Å². The summed E-state index contributed by atoms with van der Waals surface area (Å²) in [5.41, 5.74) is 3.34. The quantitative estimate of drug-likeness (QED) is 0.417.